The van der Waals surface area contributed by atoms with E-state index in [1.807, 2.05) is 66.6 Å². The molecule has 2 spiro atoms. The maximum atomic E-state index is 14.4. The summed E-state index contributed by atoms with van der Waals surface area (Å²) in [4.78, 5) is 57.6. The van der Waals surface area contributed by atoms with Crippen molar-refractivity contribution in [2.24, 2.45) is 16.2 Å². The molecule has 1 amide bonds. The fourth-order valence-electron chi connectivity index (χ4n) is 11.1. The van der Waals surface area contributed by atoms with Gasteiger partial charge in [0.15, 0.2) is 30.0 Å². The van der Waals surface area contributed by atoms with Gasteiger partial charge in [-0.2, -0.15) is 9.28 Å². The highest BCUT2D eigenvalue weighted by Gasteiger charge is 3.06. The molecule has 0 radical (unpaired) electrons. The highest BCUT2D eigenvalue weighted by atomic mass is 32.2. The van der Waals surface area contributed by atoms with Crippen LogP contribution in [0.3, 0.4) is 0 Å². The number of ketones is 1. The molecule has 0 bridgehead atoms. The number of carbonyl (C=O) groups is 4. The van der Waals surface area contributed by atoms with E-state index in [0.29, 0.717) is 35.9 Å². The second-order valence-electron chi connectivity index (χ2n) is 19.7. The van der Waals surface area contributed by atoms with Crippen LogP contribution in [0.4, 0.5) is 4.79 Å². The smallest absolute Gasteiger partial charge is 0.518 e. The molecule has 0 aromatic heterocycles. The van der Waals surface area contributed by atoms with Crippen molar-refractivity contribution in [2.75, 3.05) is 27.7 Å². The number of hydrogen-bond donors (Lipinski definition) is 1. The van der Waals surface area contributed by atoms with Gasteiger partial charge in [0.2, 0.25) is 5.60 Å². The average molecular weight is 858 g/mol. The Morgan fingerprint density at radius 1 is 1.12 bits per heavy atom. The van der Waals surface area contributed by atoms with Gasteiger partial charge in [-0.25, -0.2) is 4.79 Å². The van der Waals surface area contributed by atoms with Gasteiger partial charge in [0.05, 0.1) is 42.0 Å². The first-order chi connectivity index (χ1) is 28.2. The van der Waals surface area contributed by atoms with E-state index in [9.17, 15) is 23.7 Å². The van der Waals surface area contributed by atoms with Crippen LogP contribution in [-0.4, -0.2) is 148 Å². The van der Waals surface area contributed by atoms with Crippen molar-refractivity contribution in [3.63, 3.8) is 0 Å². The Hall–Kier alpha value is -2.96. The molecule has 6 aliphatic rings. The molecular formula is C44H65N4O11S+. The third-order valence-electron chi connectivity index (χ3n) is 14.3. The Bertz CT molecular complexity index is 1850. The SMILES string of the molecule is CC[C@H]1OC(=O)CC(=O)[C@H](C)[C@@H](O[C@@H]2O[C@H](C=N[S+]([O-])C(C)(C)C)CC(N(C)C)[C@H]2OC(=O)c2ccccc2)[C@](C)(OC)C[C@@H](C)CN[C@@H]2CC34CC3[N+]43C(=O)O[C@@]1(C)[C@@H]23. The number of hydrogen-bond acceptors (Lipinski definition) is 14. The number of cyclic esters (lactones) is 1. The lowest BCUT2D eigenvalue weighted by Gasteiger charge is -2.47. The van der Waals surface area contributed by atoms with Crippen molar-refractivity contribution in [3.05, 3.63) is 35.9 Å². The number of rotatable bonds is 9. The van der Waals surface area contributed by atoms with Crippen LogP contribution in [0.25, 0.3) is 0 Å². The van der Waals surface area contributed by atoms with E-state index in [1.165, 1.54) is 6.21 Å². The van der Waals surface area contributed by atoms with Crippen LogP contribution in [0.5, 0.6) is 0 Å². The minimum absolute atomic E-state index is 0.0220. The molecule has 16 heteroatoms. The Morgan fingerprint density at radius 2 is 1.82 bits per heavy atom. The van der Waals surface area contributed by atoms with Crippen molar-refractivity contribution >= 4 is 41.4 Å². The first-order valence-electron chi connectivity index (χ1n) is 21.5. The number of Topliss-reactive ketones (excluding diaryl/α,β-unsaturated/α-hetero) is 1. The van der Waals surface area contributed by atoms with Gasteiger partial charge < -0.3 is 43.2 Å². The molecule has 5 unspecified atom stereocenters. The summed E-state index contributed by atoms with van der Waals surface area (Å²) in [5.41, 5.74) is -1.98. The zero-order valence-electron chi connectivity index (χ0n) is 37.0. The number of amides is 1. The minimum Gasteiger partial charge on any atom is -0.591 e. The van der Waals surface area contributed by atoms with Gasteiger partial charge in [-0.15, -0.1) is 0 Å². The van der Waals surface area contributed by atoms with Gasteiger partial charge in [-0.1, -0.05) is 43.4 Å². The second-order valence-corrected chi connectivity index (χ2v) is 21.6. The monoisotopic (exact) mass is 857 g/mol. The van der Waals surface area contributed by atoms with Gasteiger partial charge in [0, 0.05) is 19.4 Å². The molecule has 5 heterocycles. The van der Waals surface area contributed by atoms with Crippen LogP contribution >= 0.6 is 0 Å². The molecule has 16 atom stereocenters. The largest absolute Gasteiger partial charge is 0.591 e. The van der Waals surface area contributed by atoms with E-state index in [0.717, 1.165) is 12.8 Å². The Morgan fingerprint density at radius 3 is 2.43 bits per heavy atom. The minimum atomic E-state index is -1.57. The molecule has 6 fully saturated rings. The molecule has 5 saturated heterocycles. The summed E-state index contributed by atoms with van der Waals surface area (Å²) in [6.07, 6.45) is -1.05. The van der Waals surface area contributed by atoms with Crippen molar-refractivity contribution in [2.45, 2.75) is 170 Å². The third kappa shape index (κ3) is 7.64. The maximum Gasteiger partial charge on any atom is 0.518 e. The number of esters is 2. The highest BCUT2D eigenvalue weighted by molar-refractivity contribution is 7.91. The van der Waals surface area contributed by atoms with E-state index in [1.54, 1.807) is 38.3 Å². The Balaban J connectivity index is 1.22. The van der Waals surface area contributed by atoms with E-state index in [4.69, 9.17) is 28.4 Å². The number of carbonyl (C=O) groups excluding carboxylic acids is 4. The zero-order chi connectivity index (χ0) is 43.7. The molecule has 1 aliphatic carbocycles. The predicted octanol–water partition coefficient (Wildman–Crippen LogP) is 4.52. The summed E-state index contributed by atoms with van der Waals surface area (Å²) in [7, 11) is 5.30. The molecule has 15 nitrogen and oxygen atoms in total. The fraction of sp³-hybridized carbons (Fsp3) is 0.750. The number of quaternary nitrogens is 1. The van der Waals surface area contributed by atoms with Gasteiger partial charge in [-0.3, -0.25) is 9.59 Å². The predicted molar refractivity (Wildman–Crippen MR) is 222 cm³/mol. The highest BCUT2D eigenvalue weighted by Crippen LogP contribution is 2.81. The molecule has 60 heavy (non-hydrogen) atoms. The van der Waals surface area contributed by atoms with Gasteiger partial charge in [-0.05, 0) is 92.6 Å². The topological polar surface area (TPSA) is 174 Å². The molecule has 1 N–H and O–H groups in total. The molecule has 5 aliphatic heterocycles. The number of benzene rings is 1. The van der Waals surface area contributed by atoms with Crippen LogP contribution in [-0.2, 0) is 49.4 Å². The summed E-state index contributed by atoms with van der Waals surface area (Å²) in [5.74, 6) is -2.71. The number of nitrogens with one attached hydrogen (secondary N) is 1. The van der Waals surface area contributed by atoms with Crippen LogP contribution in [0.2, 0.25) is 0 Å². The van der Waals surface area contributed by atoms with Crippen LogP contribution < -0.4 is 5.32 Å². The van der Waals surface area contributed by atoms with Gasteiger partial charge >= 0.3 is 18.0 Å². The molecule has 1 saturated carbocycles. The number of ether oxygens (including phenoxy) is 6. The van der Waals surface area contributed by atoms with E-state index >= 15 is 0 Å². The normalized spacial score (nSPS) is 43.5. The lowest BCUT2D eigenvalue weighted by atomic mass is 9.80. The summed E-state index contributed by atoms with van der Waals surface area (Å²) in [6, 6.07) is 8.13. The van der Waals surface area contributed by atoms with Crippen molar-refractivity contribution in [1.29, 1.82) is 0 Å². The number of methoxy groups -OCH3 is 1. The van der Waals surface area contributed by atoms with Gasteiger partial charge in [0.25, 0.3) is 0 Å². The molecule has 1 aromatic rings. The zero-order valence-corrected chi connectivity index (χ0v) is 37.8. The summed E-state index contributed by atoms with van der Waals surface area (Å²) < 4.78 is 55.7. The third-order valence-corrected chi connectivity index (χ3v) is 15.7. The molecular weight excluding hydrogens is 793 g/mol. The standard InChI is InChI=1S/C44H65N4O11S/c1-12-33-43(8)36-29(21-44-22-32(44)48(36,44)40(52)59-43)45-23-25(2)20-42(7,54-11)37(26(3)31(49)19-34(50)56-33)58-39-35(57-38(51)27-16-14-13-15-17-27)30(47(9)10)18-28(55-39)24-46-60(53)41(4,5)6/h13-17,24-26,28-30,32-33,35-37,39,45H,12,18-23H2,1-11H3/q+1/t25-,26+,28+,29-,30?,32?,33-,35-,36-,37-,39+,42-,43-,44?,48?,60?/m1/s1. The lowest BCUT2D eigenvalue weighted by Crippen LogP contribution is -2.61. The van der Waals surface area contributed by atoms with Crippen LogP contribution in [0.1, 0.15) is 104 Å². The second kappa shape index (κ2) is 16.3. The number of piperidine rings is 1. The first kappa shape index (κ1) is 45.1. The molecule has 7 rings (SSSR count). The maximum absolute atomic E-state index is 14.4. The molecule has 1 aromatic carbocycles. The molecule has 332 valence electrons. The van der Waals surface area contributed by atoms with Crippen molar-refractivity contribution in [1.82, 2.24) is 10.2 Å². The lowest BCUT2D eigenvalue weighted by molar-refractivity contribution is -0.796. The summed E-state index contributed by atoms with van der Waals surface area (Å²) in [5, 5.41) is 3.81. The fourth-order valence-corrected chi connectivity index (χ4v) is 11.7. The van der Waals surface area contributed by atoms with E-state index < -0.39 is 94.1 Å². The Kier molecular flexibility index (Phi) is 12.2. The quantitative estimate of drug-likeness (QED) is 0.0700. The number of nitrogens with zero attached hydrogens (tertiary/aromatic N) is 3. The average Bonchev–Trinajstić information content (AvgIpc) is 4.00. The summed E-state index contributed by atoms with van der Waals surface area (Å²) >= 11 is -1.57. The number of likely N-dealkylation sites (N-methyl/N-ethyl adjacent to an activating group) is 1. The van der Waals surface area contributed by atoms with E-state index in [2.05, 4.69) is 16.6 Å². The van der Waals surface area contributed by atoms with Gasteiger partial charge in [0.1, 0.15) is 40.5 Å². The van der Waals surface area contributed by atoms with Crippen LogP contribution in [0, 0.1) is 11.8 Å². The Labute approximate surface area is 357 Å². The summed E-state index contributed by atoms with van der Waals surface area (Å²) in [6.45, 7) is 15.5. The van der Waals surface area contributed by atoms with Crippen molar-refractivity contribution in [3.8, 4) is 0 Å². The van der Waals surface area contributed by atoms with Crippen LogP contribution in [0.15, 0.2) is 34.7 Å². The first-order valence-corrected chi connectivity index (χ1v) is 22.6. The van der Waals surface area contributed by atoms with E-state index in [-0.39, 0.29) is 35.7 Å². The van der Waals surface area contributed by atoms with Crippen molar-refractivity contribution < 1.29 is 56.6 Å².